The molecule has 0 aliphatic rings. The van der Waals surface area contributed by atoms with Gasteiger partial charge in [0.1, 0.15) is 15.7 Å². The van der Waals surface area contributed by atoms with Crippen LogP contribution in [0.3, 0.4) is 0 Å². The number of anilines is 2. The highest BCUT2D eigenvalue weighted by atomic mass is 79.9. The average Bonchev–Trinajstić information content (AvgIpc) is 2.73. The maximum absolute atomic E-state index is 12.0. The van der Waals surface area contributed by atoms with E-state index in [9.17, 15) is 8.42 Å². The van der Waals surface area contributed by atoms with Crippen molar-refractivity contribution in [2.75, 3.05) is 10.5 Å². The summed E-state index contributed by atoms with van der Waals surface area (Å²) >= 11 is 4.45. The molecule has 0 aromatic carbocycles. The summed E-state index contributed by atoms with van der Waals surface area (Å²) in [5.41, 5.74) is 5.56. The number of nitrogens with two attached hydrogens (primary N) is 1. The molecule has 2 aromatic heterocycles. The van der Waals surface area contributed by atoms with Crippen LogP contribution in [0.4, 0.5) is 10.8 Å². The Morgan fingerprint density at radius 2 is 2.24 bits per heavy atom. The summed E-state index contributed by atoms with van der Waals surface area (Å²) in [5, 5.41) is 2.31. The van der Waals surface area contributed by atoms with Gasteiger partial charge in [0.15, 0.2) is 0 Å². The molecule has 0 unspecified atom stereocenters. The normalized spacial score (nSPS) is 11.4. The van der Waals surface area contributed by atoms with E-state index < -0.39 is 10.0 Å². The first-order chi connectivity index (χ1) is 7.99. The van der Waals surface area contributed by atoms with Crippen LogP contribution in [0.25, 0.3) is 0 Å². The van der Waals surface area contributed by atoms with Crippen LogP contribution in [0, 0.1) is 0 Å². The minimum absolute atomic E-state index is 0.0303. The van der Waals surface area contributed by atoms with E-state index in [1.165, 1.54) is 23.6 Å². The van der Waals surface area contributed by atoms with Crippen molar-refractivity contribution < 1.29 is 8.42 Å². The molecule has 0 atom stereocenters. The predicted molar refractivity (Wildman–Crippen MR) is 71.5 cm³/mol. The van der Waals surface area contributed by atoms with Crippen LogP contribution in [0.5, 0.6) is 0 Å². The lowest BCUT2D eigenvalue weighted by molar-refractivity contribution is 0.601. The minimum Gasteiger partial charge on any atom is -0.383 e. The molecular formula is C9H8BrN3O2S2. The Labute approximate surface area is 111 Å². The SMILES string of the molecule is Nc1ncc(Br)cc1S(=O)(=O)Nc1cccs1. The number of sulfonamides is 1. The Bertz CT molecular complexity index is 626. The van der Waals surface area contributed by atoms with E-state index in [0.717, 1.165) is 0 Å². The Balaban J connectivity index is 2.41. The number of pyridine rings is 1. The summed E-state index contributed by atoms with van der Waals surface area (Å²) in [6, 6.07) is 4.84. The highest BCUT2D eigenvalue weighted by Gasteiger charge is 2.19. The third-order valence-corrected chi connectivity index (χ3v) is 4.64. The smallest absolute Gasteiger partial charge is 0.266 e. The van der Waals surface area contributed by atoms with E-state index in [4.69, 9.17) is 5.73 Å². The molecule has 5 nitrogen and oxygen atoms in total. The van der Waals surface area contributed by atoms with Gasteiger partial charge in [0.2, 0.25) is 0 Å². The third kappa shape index (κ3) is 2.76. The van der Waals surface area contributed by atoms with Gasteiger partial charge in [0.05, 0.1) is 0 Å². The zero-order chi connectivity index (χ0) is 12.5. The number of hydrogen-bond acceptors (Lipinski definition) is 5. The van der Waals surface area contributed by atoms with E-state index >= 15 is 0 Å². The fourth-order valence-corrected chi connectivity index (χ4v) is 3.69. The van der Waals surface area contributed by atoms with Gasteiger partial charge in [-0.3, -0.25) is 4.72 Å². The van der Waals surface area contributed by atoms with Crippen molar-refractivity contribution in [3.63, 3.8) is 0 Å². The molecular weight excluding hydrogens is 326 g/mol. The zero-order valence-corrected chi connectivity index (χ0v) is 11.6. The summed E-state index contributed by atoms with van der Waals surface area (Å²) in [5.74, 6) is -0.0303. The summed E-state index contributed by atoms with van der Waals surface area (Å²) in [4.78, 5) is 3.75. The topological polar surface area (TPSA) is 85.1 Å². The van der Waals surface area contributed by atoms with Crippen LogP contribution in [0.15, 0.2) is 39.1 Å². The van der Waals surface area contributed by atoms with Gasteiger partial charge in [-0.25, -0.2) is 13.4 Å². The fraction of sp³-hybridized carbons (Fsp3) is 0. The maximum atomic E-state index is 12.0. The number of thiophene rings is 1. The molecule has 0 radical (unpaired) electrons. The highest BCUT2D eigenvalue weighted by Crippen LogP contribution is 2.25. The lowest BCUT2D eigenvalue weighted by Crippen LogP contribution is -2.14. The second-order valence-corrected chi connectivity index (χ2v) is 6.63. The number of aromatic nitrogens is 1. The van der Waals surface area contributed by atoms with E-state index in [-0.39, 0.29) is 10.7 Å². The van der Waals surface area contributed by atoms with Gasteiger partial charge in [0.25, 0.3) is 10.0 Å². The van der Waals surface area contributed by atoms with Gasteiger partial charge >= 0.3 is 0 Å². The first-order valence-corrected chi connectivity index (χ1v) is 7.62. The monoisotopic (exact) mass is 333 g/mol. The molecule has 2 rings (SSSR count). The number of nitrogens with one attached hydrogen (secondary N) is 1. The second kappa shape index (κ2) is 4.63. The van der Waals surface area contributed by atoms with Crippen LogP contribution < -0.4 is 10.5 Å². The highest BCUT2D eigenvalue weighted by molar-refractivity contribution is 9.10. The van der Waals surface area contributed by atoms with Crippen molar-refractivity contribution in [1.82, 2.24) is 4.98 Å². The lowest BCUT2D eigenvalue weighted by Gasteiger charge is -2.08. The average molecular weight is 334 g/mol. The Hall–Kier alpha value is -1.12. The van der Waals surface area contributed by atoms with Crippen molar-refractivity contribution in [1.29, 1.82) is 0 Å². The second-order valence-electron chi connectivity index (χ2n) is 3.12. The number of rotatable bonds is 3. The molecule has 0 amide bonds. The van der Waals surface area contributed by atoms with Crippen LogP contribution in [0.1, 0.15) is 0 Å². The van der Waals surface area contributed by atoms with Gasteiger partial charge in [-0.15, -0.1) is 11.3 Å². The summed E-state index contributed by atoms with van der Waals surface area (Å²) in [7, 11) is -3.69. The summed E-state index contributed by atoms with van der Waals surface area (Å²) < 4.78 is 27.0. The molecule has 0 saturated carbocycles. The fourth-order valence-electron chi connectivity index (χ4n) is 1.17. The summed E-state index contributed by atoms with van der Waals surface area (Å²) in [6.45, 7) is 0. The molecule has 17 heavy (non-hydrogen) atoms. The molecule has 2 heterocycles. The van der Waals surface area contributed by atoms with Crippen molar-refractivity contribution in [3.05, 3.63) is 34.2 Å². The van der Waals surface area contributed by atoms with Gasteiger partial charge in [-0.05, 0) is 39.5 Å². The van der Waals surface area contributed by atoms with E-state index in [0.29, 0.717) is 9.47 Å². The van der Waals surface area contributed by atoms with Gasteiger partial charge in [0, 0.05) is 10.7 Å². The zero-order valence-electron chi connectivity index (χ0n) is 8.42. The molecule has 0 fully saturated rings. The first kappa shape index (κ1) is 12.3. The van der Waals surface area contributed by atoms with Crippen molar-refractivity contribution in [2.45, 2.75) is 4.90 Å². The van der Waals surface area contributed by atoms with E-state index in [2.05, 4.69) is 25.6 Å². The number of nitrogens with zero attached hydrogens (tertiary/aromatic N) is 1. The molecule has 0 aliphatic heterocycles. The van der Waals surface area contributed by atoms with Crippen molar-refractivity contribution in [3.8, 4) is 0 Å². The molecule has 0 saturated heterocycles. The molecule has 3 N–H and O–H groups in total. The first-order valence-electron chi connectivity index (χ1n) is 4.46. The molecule has 8 heteroatoms. The number of nitrogen functional groups attached to an aromatic ring is 1. The van der Waals surface area contributed by atoms with Crippen LogP contribution in [0.2, 0.25) is 0 Å². The van der Waals surface area contributed by atoms with Gasteiger partial charge in [-0.1, -0.05) is 0 Å². The number of hydrogen-bond donors (Lipinski definition) is 2. The van der Waals surface area contributed by atoms with Crippen LogP contribution >= 0.6 is 27.3 Å². The maximum Gasteiger partial charge on any atom is 0.266 e. The predicted octanol–water partition coefficient (Wildman–Crippen LogP) is 2.29. The molecule has 0 spiro atoms. The standard InChI is InChI=1S/C9H8BrN3O2S2/c10-6-4-7(9(11)12-5-6)17(14,15)13-8-2-1-3-16-8/h1-5,13H,(H2,11,12). The molecule has 90 valence electrons. The van der Waals surface area contributed by atoms with Crippen LogP contribution in [-0.4, -0.2) is 13.4 Å². The Kier molecular flexibility index (Phi) is 3.36. The van der Waals surface area contributed by atoms with Crippen molar-refractivity contribution >= 4 is 48.1 Å². The molecule has 0 aliphatic carbocycles. The number of halogens is 1. The molecule has 0 bridgehead atoms. The Morgan fingerprint density at radius 3 is 2.88 bits per heavy atom. The minimum atomic E-state index is -3.69. The van der Waals surface area contributed by atoms with Gasteiger partial charge < -0.3 is 5.73 Å². The Morgan fingerprint density at radius 1 is 1.47 bits per heavy atom. The third-order valence-electron chi connectivity index (χ3n) is 1.89. The van der Waals surface area contributed by atoms with Gasteiger partial charge in [-0.2, -0.15) is 0 Å². The quantitative estimate of drug-likeness (QED) is 0.902. The lowest BCUT2D eigenvalue weighted by atomic mass is 10.5. The molecule has 2 aromatic rings. The van der Waals surface area contributed by atoms with Crippen LogP contribution in [-0.2, 0) is 10.0 Å². The summed E-state index contributed by atoms with van der Waals surface area (Å²) in [6.07, 6.45) is 1.44. The largest absolute Gasteiger partial charge is 0.383 e. The van der Waals surface area contributed by atoms with E-state index in [1.54, 1.807) is 17.5 Å². The van der Waals surface area contributed by atoms with Crippen molar-refractivity contribution in [2.24, 2.45) is 0 Å². The van der Waals surface area contributed by atoms with E-state index in [1.807, 2.05) is 0 Å².